The van der Waals surface area contributed by atoms with Gasteiger partial charge < -0.3 is 4.74 Å². The van der Waals surface area contributed by atoms with Crippen LogP contribution in [0, 0.1) is 5.82 Å². The summed E-state index contributed by atoms with van der Waals surface area (Å²) in [4.78, 5) is 8.68. The maximum absolute atomic E-state index is 13.5. The number of aromatic nitrogens is 2. The molecule has 1 saturated carbocycles. The summed E-state index contributed by atoms with van der Waals surface area (Å²) >= 11 is 6.09. The van der Waals surface area contributed by atoms with Gasteiger partial charge in [-0.15, -0.1) is 0 Å². The van der Waals surface area contributed by atoms with Gasteiger partial charge in [-0.25, -0.2) is 18.7 Å². The molecule has 23 heavy (non-hydrogen) atoms. The van der Waals surface area contributed by atoms with Gasteiger partial charge in [0.1, 0.15) is 18.1 Å². The molecule has 3 nitrogen and oxygen atoms in total. The quantitative estimate of drug-likeness (QED) is 0.758. The van der Waals surface area contributed by atoms with Crippen molar-refractivity contribution in [2.75, 3.05) is 0 Å². The number of halogens is 3. The summed E-state index contributed by atoms with van der Waals surface area (Å²) < 4.78 is 32.5. The molecule has 1 aliphatic carbocycles. The summed E-state index contributed by atoms with van der Waals surface area (Å²) in [6.07, 6.45) is 0.638. The number of alkyl halides is 1. The van der Waals surface area contributed by atoms with Gasteiger partial charge in [-0.05, 0) is 48.6 Å². The Hall–Kier alpha value is -1.59. The highest BCUT2D eigenvalue weighted by Gasteiger charge is 2.35. The van der Waals surface area contributed by atoms with E-state index in [-0.39, 0.29) is 23.1 Å². The third-order valence-corrected chi connectivity index (χ3v) is 4.78. The second-order valence-electron chi connectivity index (χ2n) is 6.09. The minimum absolute atomic E-state index is 0.0646. The predicted octanol–water partition coefficient (Wildman–Crippen LogP) is 4.49. The smallest absolute Gasteiger partial charge is 0.222 e. The molecule has 2 heterocycles. The highest BCUT2D eigenvalue weighted by atomic mass is 35.5. The molecule has 0 N–H and O–H groups in total. The van der Waals surface area contributed by atoms with Crippen molar-refractivity contribution >= 4 is 11.6 Å². The number of benzene rings is 1. The maximum Gasteiger partial charge on any atom is 0.222 e. The molecule has 1 aliphatic heterocycles. The predicted molar refractivity (Wildman–Crippen MR) is 81.6 cm³/mol. The first-order valence-corrected chi connectivity index (χ1v) is 8.07. The lowest BCUT2D eigenvalue weighted by molar-refractivity contribution is 0.0919. The van der Waals surface area contributed by atoms with Crippen LogP contribution < -0.4 is 0 Å². The minimum atomic E-state index is -0.778. The molecule has 1 fully saturated rings. The number of hydrogen-bond donors (Lipinski definition) is 0. The molecule has 3 atom stereocenters. The van der Waals surface area contributed by atoms with Crippen LogP contribution in [0.1, 0.15) is 53.8 Å². The van der Waals surface area contributed by atoms with E-state index in [2.05, 4.69) is 9.97 Å². The highest BCUT2D eigenvalue weighted by molar-refractivity contribution is 6.28. The fourth-order valence-electron chi connectivity index (χ4n) is 3.50. The molecule has 2 unspecified atom stereocenters. The fourth-order valence-corrected chi connectivity index (χ4v) is 3.69. The van der Waals surface area contributed by atoms with Crippen molar-refractivity contribution in [3.05, 3.63) is 57.9 Å². The molecule has 120 valence electrons. The largest absolute Gasteiger partial charge is 0.362 e. The zero-order chi connectivity index (χ0) is 16.0. The van der Waals surface area contributed by atoms with E-state index in [0.717, 1.165) is 23.2 Å². The molecule has 6 heteroatoms. The molecule has 0 radical (unpaired) electrons. The molecule has 0 saturated heterocycles. The maximum atomic E-state index is 13.5. The molecule has 1 aromatic heterocycles. The van der Waals surface area contributed by atoms with Gasteiger partial charge in [0.15, 0.2) is 0 Å². The number of hydrogen-bond acceptors (Lipinski definition) is 3. The van der Waals surface area contributed by atoms with E-state index >= 15 is 0 Å². The molecule has 2 aliphatic rings. The average Bonchev–Trinajstić information content (AvgIpc) is 3.14. The van der Waals surface area contributed by atoms with Crippen molar-refractivity contribution in [3.63, 3.8) is 0 Å². The molecule has 1 aromatic carbocycles. The van der Waals surface area contributed by atoms with Gasteiger partial charge in [-0.1, -0.05) is 12.1 Å². The van der Waals surface area contributed by atoms with Crippen molar-refractivity contribution in [1.82, 2.24) is 9.97 Å². The van der Waals surface area contributed by atoms with Crippen molar-refractivity contribution in [3.8, 4) is 0 Å². The highest BCUT2D eigenvalue weighted by Crippen LogP contribution is 2.42. The van der Waals surface area contributed by atoms with Crippen molar-refractivity contribution in [2.45, 2.75) is 44.1 Å². The molecular formula is C17H15ClF2N2O. The van der Waals surface area contributed by atoms with Crippen LogP contribution in [0.4, 0.5) is 8.78 Å². The van der Waals surface area contributed by atoms with Crippen molar-refractivity contribution in [2.24, 2.45) is 0 Å². The van der Waals surface area contributed by atoms with Crippen LogP contribution in [0.5, 0.6) is 0 Å². The Balaban J connectivity index is 1.74. The summed E-state index contributed by atoms with van der Waals surface area (Å²) in [5.74, 6) is -0.233. The van der Waals surface area contributed by atoms with Gasteiger partial charge in [0, 0.05) is 11.5 Å². The Kier molecular flexibility index (Phi) is 3.77. The molecular weight excluding hydrogens is 322 g/mol. The summed E-state index contributed by atoms with van der Waals surface area (Å²) in [5, 5.41) is 0.152. The van der Waals surface area contributed by atoms with E-state index in [1.807, 2.05) is 0 Å². The second-order valence-corrected chi connectivity index (χ2v) is 6.43. The van der Waals surface area contributed by atoms with Crippen LogP contribution in [0.3, 0.4) is 0 Å². The monoisotopic (exact) mass is 336 g/mol. The molecule has 4 rings (SSSR count). The number of nitrogens with zero attached hydrogens (tertiary/aromatic N) is 2. The molecule has 0 bridgehead atoms. The Morgan fingerprint density at radius 2 is 1.83 bits per heavy atom. The van der Waals surface area contributed by atoms with Crippen LogP contribution >= 0.6 is 11.6 Å². The van der Waals surface area contributed by atoms with Crippen LogP contribution in [0.25, 0.3) is 0 Å². The lowest BCUT2D eigenvalue weighted by atomic mass is 9.96. The van der Waals surface area contributed by atoms with E-state index < -0.39 is 6.17 Å². The van der Waals surface area contributed by atoms with Gasteiger partial charge in [-0.2, -0.15) is 0 Å². The normalized spacial score (nSPS) is 26.5. The first-order valence-electron chi connectivity index (χ1n) is 7.69. The van der Waals surface area contributed by atoms with Gasteiger partial charge in [0.05, 0.1) is 18.0 Å². The van der Waals surface area contributed by atoms with Gasteiger partial charge in [-0.3, -0.25) is 0 Å². The van der Waals surface area contributed by atoms with E-state index in [0.29, 0.717) is 25.1 Å². The zero-order valence-corrected chi connectivity index (χ0v) is 13.1. The summed E-state index contributed by atoms with van der Waals surface area (Å²) in [7, 11) is 0. The lowest BCUT2D eigenvalue weighted by Crippen LogP contribution is -2.08. The first-order chi connectivity index (χ1) is 11.1. The minimum Gasteiger partial charge on any atom is -0.362 e. The topological polar surface area (TPSA) is 35.0 Å². The van der Waals surface area contributed by atoms with Crippen molar-refractivity contribution < 1.29 is 13.5 Å². The molecule has 2 aromatic rings. The number of rotatable bonds is 2. The van der Waals surface area contributed by atoms with Crippen LogP contribution in [-0.4, -0.2) is 16.1 Å². The van der Waals surface area contributed by atoms with E-state index in [9.17, 15) is 8.78 Å². The zero-order valence-electron chi connectivity index (χ0n) is 12.3. The summed E-state index contributed by atoms with van der Waals surface area (Å²) in [5.41, 5.74) is 3.25. The van der Waals surface area contributed by atoms with Gasteiger partial charge >= 0.3 is 0 Å². The number of ether oxygens (including phenoxy) is 1. The average molecular weight is 337 g/mol. The van der Waals surface area contributed by atoms with E-state index in [1.165, 1.54) is 12.1 Å². The standard InChI is InChI=1S/C17H15ClF2N2O/c18-17-21-14(10-3-6-12(20)7-10)13-8-23-16(15(13)22-17)9-1-4-11(19)5-2-9/h1-2,4-5,10,12,16H,3,6-8H2/t10?,12-,16?/m1/s1. The Morgan fingerprint density at radius 1 is 1.09 bits per heavy atom. The SMILES string of the molecule is Fc1ccc(C2OCc3c(C4CC[C@@H](F)C4)nc(Cl)nc32)cc1. The third kappa shape index (κ3) is 2.72. The molecule has 0 amide bonds. The van der Waals surface area contributed by atoms with E-state index in [1.54, 1.807) is 12.1 Å². The van der Waals surface area contributed by atoms with E-state index in [4.69, 9.17) is 16.3 Å². The van der Waals surface area contributed by atoms with Crippen LogP contribution in [-0.2, 0) is 11.3 Å². The van der Waals surface area contributed by atoms with Gasteiger partial charge in [0.25, 0.3) is 0 Å². The first kappa shape index (κ1) is 15.0. The number of fused-ring (bicyclic) bond motifs is 1. The Morgan fingerprint density at radius 3 is 2.52 bits per heavy atom. The summed E-state index contributed by atoms with van der Waals surface area (Å²) in [6, 6.07) is 6.14. The second kappa shape index (κ2) is 5.80. The lowest BCUT2D eigenvalue weighted by Gasteiger charge is -2.14. The van der Waals surface area contributed by atoms with Crippen LogP contribution in [0.2, 0.25) is 5.28 Å². The van der Waals surface area contributed by atoms with Crippen molar-refractivity contribution in [1.29, 1.82) is 0 Å². The Labute approximate surface area is 137 Å². The third-order valence-electron chi connectivity index (χ3n) is 4.61. The molecule has 0 spiro atoms. The fraction of sp³-hybridized carbons (Fsp3) is 0.412. The summed E-state index contributed by atoms with van der Waals surface area (Å²) in [6.45, 7) is 0.372. The van der Waals surface area contributed by atoms with Crippen LogP contribution in [0.15, 0.2) is 24.3 Å². The Bertz CT molecular complexity index is 738. The van der Waals surface area contributed by atoms with Gasteiger partial charge in [0.2, 0.25) is 5.28 Å².